The number of rotatable bonds is 3. The number of azide groups is 1. The van der Waals surface area contributed by atoms with E-state index in [-0.39, 0.29) is 0 Å². The van der Waals surface area contributed by atoms with E-state index in [0.29, 0.717) is 0 Å². The second-order valence-electron chi connectivity index (χ2n) is 6.62. The van der Waals surface area contributed by atoms with Gasteiger partial charge < -0.3 is 28.8 Å². The molecular weight excluding hydrogens is 310 g/mol. The predicted octanol–water partition coefficient (Wildman–Crippen LogP) is 1.15. The Morgan fingerprint density at radius 1 is 1.09 bits per heavy atom. The molecule has 10 nitrogen and oxygen atoms in total. The summed E-state index contributed by atoms with van der Waals surface area (Å²) in [5.74, 6) is -3.15. The molecule has 0 saturated carbocycles. The Labute approximate surface area is 132 Å². The maximum Gasteiger partial charge on any atom is 0.315 e. The second-order valence-corrected chi connectivity index (χ2v) is 6.62. The molecule has 128 valence electrons. The Hall–Kier alpha value is -1.42. The summed E-state index contributed by atoms with van der Waals surface area (Å²) in [6, 6.07) is -1.46. The highest BCUT2D eigenvalue weighted by Gasteiger charge is 2.62. The summed E-state index contributed by atoms with van der Waals surface area (Å²) in [6.45, 7) is 6.87. The zero-order chi connectivity index (χ0) is 17.0. The van der Waals surface area contributed by atoms with Gasteiger partial charge in [0.05, 0.1) is 0 Å². The number of ether oxygens (including phenoxy) is 5. The van der Waals surface area contributed by atoms with E-state index in [1.54, 1.807) is 27.7 Å². The molecule has 6 atom stereocenters. The van der Waals surface area contributed by atoms with Crippen LogP contribution in [0.15, 0.2) is 5.11 Å². The molecule has 0 amide bonds. The summed E-state index contributed by atoms with van der Waals surface area (Å²) in [7, 11) is 0. The minimum Gasteiger partial charge on any atom is -0.481 e. The smallest absolute Gasteiger partial charge is 0.315 e. The molecule has 3 aliphatic heterocycles. The molecule has 0 unspecified atom stereocenters. The zero-order valence-electron chi connectivity index (χ0n) is 13.2. The van der Waals surface area contributed by atoms with Gasteiger partial charge in [0, 0.05) is 4.91 Å². The van der Waals surface area contributed by atoms with Crippen molar-refractivity contribution in [3.63, 3.8) is 0 Å². The highest BCUT2D eigenvalue weighted by molar-refractivity contribution is 5.74. The van der Waals surface area contributed by atoms with Gasteiger partial charge in [0.25, 0.3) is 0 Å². The van der Waals surface area contributed by atoms with Gasteiger partial charge in [-0.15, -0.1) is 0 Å². The molecule has 0 aromatic carbocycles. The molecule has 0 radical (unpaired) electrons. The molecule has 3 rings (SSSR count). The van der Waals surface area contributed by atoms with E-state index in [1.165, 1.54) is 0 Å². The van der Waals surface area contributed by atoms with Crippen LogP contribution in [-0.2, 0) is 28.5 Å². The van der Waals surface area contributed by atoms with E-state index >= 15 is 0 Å². The third kappa shape index (κ3) is 2.89. The molecule has 3 saturated heterocycles. The summed E-state index contributed by atoms with van der Waals surface area (Å²) in [4.78, 5) is 14.0. The minimum atomic E-state index is -1.46. The Morgan fingerprint density at radius 2 is 1.65 bits per heavy atom. The molecule has 3 heterocycles. The zero-order valence-corrected chi connectivity index (χ0v) is 13.2. The van der Waals surface area contributed by atoms with Crippen molar-refractivity contribution < 1.29 is 33.6 Å². The Morgan fingerprint density at radius 3 is 2.26 bits per heavy atom. The largest absolute Gasteiger partial charge is 0.481 e. The third-order valence-electron chi connectivity index (χ3n) is 3.93. The monoisotopic (exact) mass is 329 g/mol. The van der Waals surface area contributed by atoms with Crippen LogP contribution in [0.1, 0.15) is 27.7 Å². The lowest BCUT2D eigenvalue weighted by molar-refractivity contribution is -0.238. The molecule has 1 N–H and O–H groups in total. The van der Waals surface area contributed by atoms with E-state index in [1.807, 2.05) is 0 Å². The number of hydrogen-bond donors (Lipinski definition) is 1. The van der Waals surface area contributed by atoms with Gasteiger partial charge in [0.1, 0.15) is 24.4 Å². The number of aliphatic carboxylic acids is 1. The molecular formula is C13H19N3O7. The standard InChI is InChI=1S/C13H19N3O7/c1-12(2)20-7-6(5(10(17)18)15-16-14)19-11-9(8(7)21-12)22-13(3,4)23-11/h5-9,11H,1-4H3,(H,17,18)/t5-,6+,7-,8-,9+,11+/m0/s1. The molecule has 0 aromatic heterocycles. The lowest BCUT2D eigenvalue weighted by Gasteiger charge is -2.38. The second kappa shape index (κ2) is 5.30. The molecule has 0 bridgehead atoms. The van der Waals surface area contributed by atoms with E-state index < -0.39 is 54.3 Å². The molecule has 10 heteroatoms. The maximum atomic E-state index is 11.4. The third-order valence-corrected chi connectivity index (χ3v) is 3.93. The minimum absolute atomic E-state index is 0.562. The van der Waals surface area contributed by atoms with Crippen molar-refractivity contribution in [3.8, 4) is 0 Å². The van der Waals surface area contributed by atoms with Gasteiger partial charge in [-0.2, -0.15) is 0 Å². The molecule has 23 heavy (non-hydrogen) atoms. The van der Waals surface area contributed by atoms with Gasteiger partial charge in [-0.1, -0.05) is 5.11 Å². The normalized spacial score (nSPS) is 41.5. The number of hydrogen-bond acceptors (Lipinski definition) is 7. The van der Waals surface area contributed by atoms with Crippen LogP contribution in [0.4, 0.5) is 0 Å². The first-order chi connectivity index (χ1) is 10.6. The number of nitrogens with zero attached hydrogens (tertiary/aromatic N) is 3. The van der Waals surface area contributed by atoms with Crippen LogP contribution in [0.5, 0.6) is 0 Å². The lowest BCUT2D eigenvalue weighted by atomic mass is 9.94. The van der Waals surface area contributed by atoms with Crippen molar-refractivity contribution in [1.82, 2.24) is 0 Å². The highest BCUT2D eigenvalue weighted by atomic mass is 16.9. The first-order valence-corrected chi connectivity index (χ1v) is 7.27. The van der Waals surface area contributed by atoms with Gasteiger partial charge in [-0.05, 0) is 33.2 Å². The molecule has 0 aliphatic carbocycles. The van der Waals surface area contributed by atoms with Crippen LogP contribution in [0, 0.1) is 0 Å². The summed E-state index contributed by atoms with van der Waals surface area (Å²) >= 11 is 0. The van der Waals surface area contributed by atoms with Crippen molar-refractivity contribution in [2.45, 2.75) is 76.0 Å². The fourth-order valence-electron chi connectivity index (χ4n) is 3.21. The highest BCUT2D eigenvalue weighted by Crippen LogP contribution is 2.45. The van der Waals surface area contributed by atoms with Gasteiger partial charge in [0.2, 0.25) is 0 Å². The SMILES string of the molecule is CC1(C)O[C@@H]2[C@H](O1)[C@H]1OC(C)(C)O[C@H]1O[C@@H]2[C@H](N=[N+]=[N-])C(=O)O. The van der Waals surface area contributed by atoms with Crippen molar-refractivity contribution in [1.29, 1.82) is 0 Å². The Bertz CT molecular complexity index is 558. The van der Waals surface area contributed by atoms with Crippen LogP contribution >= 0.6 is 0 Å². The maximum absolute atomic E-state index is 11.4. The summed E-state index contributed by atoms with van der Waals surface area (Å²) < 4.78 is 28.8. The number of carboxylic acids is 1. The van der Waals surface area contributed by atoms with Gasteiger partial charge in [-0.3, -0.25) is 4.79 Å². The molecule has 3 fully saturated rings. The van der Waals surface area contributed by atoms with Crippen molar-refractivity contribution in [2.24, 2.45) is 5.11 Å². The number of carbonyl (C=O) groups is 1. The van der Waals surface area contributed by atoms with E-state index in [9.17, 15) is 9.90 Å². The van der Waals surface area contributed by atoms with Crippen molar-refractivity contribution >= 4 is 5.97 Å². The molecule has 3 aliphatic rings. The average molecular weight is 329 g/mol. The fourth-order valence-corrected chi connectivity index (χ4v) is 3.21. The average Bonchev–Trinajstić information content (AvgIpc) is 2.89. The first-order valence-electron chi connectivity index (χ1n) is 7.27. The van der Waals surface area contributed by atoms with Gasteiger partial charge >= 0.3 is 5.97 Å². The number of carboxylic acid groups (broad SMARTS) is 1. The molecule has 0 spiro atoms. The Kier molecular flexibility index (Phi) is 3.79. The van der Waals surface area contributed by atoms with Crippen LogP contribution in [0.2, 0.25) is 0 Å². The lowest BCUT2D eigenvalue weighted by Crippen LogP contribution is -2.59. The van der Waals surface area contributed by atoms with Crippen LogP contribution in [0.3, 0.4) is 0 Å². The van der Waals surface area contributed by atoms with Crippen LogP contribution in [-0.4, -0.2) is 59.4 Å². The summed E-state index contributed by atoms with van der Waals surface area (Å²) in [5.41, 5.74) is 8.64. The predicted molar refractivity (Wildman–Crippen MR) is 73.1 cm³/mol. The van der Waals surface area contributed by atoms with Gasteiger partial charge in [-0.25, -0.2) is 0 Å². The van der Waals surface area contributed by atoms with Crippen molar-refractivity contribution in [2.75, 3.05) is 0 Å². The first kappa shape index (κ1) is 16.4. The van der Waals surface area contributed by atoms with Gasteiger partial charge in [0.15, 0.2) is 23.9 Å². The quantitative estimate of drug-likeness (QED) is 0.466. The topological polar surface area (TPSA) is 132 Å². The fraction of sp³-hybridized carbons (Fsp3) is 0.923. The summed E-state index contributed by atoms with van der Waals surface area (Å²) in [5, 5.41) is 12.7. The summed E-state index contributed by atoms with van der Waals surface area (Å²) in [6.07, 6.45) is -3.78. The molecule has 0 aromatic rings. The van der Waals surface area contributed by atoms with Crippen molar-refractivity contribution in [3.05, 3.63) is 10.4 Å². The van der Waals surface area contributed by atoms with E-state index in [4.69, 9.17) is 29.2 Å². The van der Waals surface area contributed by atoms with E-state index in [0.717, 1.165) is 0 Å². The Balaban J connectivity index is 1.95. The van der Waals surface area contributed by atoms with E-state index in [2.05, 4.69) is 10.0 Å². The van der Waals surface area contributed by atoms with Crippen LogP contribution < -0.4 is 0 Å². The number of fused-ring (bicyclic) bond motifs is 3. The van der Waals surface area contributed by atoms with Crippen LogP contribution in [0.25, 0.3) is 10.4 Å².